The number of carbonyl (C=O) groups excluding carboxylic acids is 1. The molecule has 2 aliphatic rings. The molecule has 0 radical (unpaired) electrons. The van der Waals surface area contributed by atoms with Gasteiger partial charge in [-0.15, -0.1) is 10.2 Å². The minimum absolute atomic E-state index is 0.0723. The molecule has 0 amide bonds. The first-order valence-electron chi connectivity index (χ1n) is 4.30. The number of carbonyl (C=O) groups is 1. The first-order chi connectivity index (χ1) is 6.38. The second kappa shape index (κ2) is 3.71. The average Bonchev–Trinajstić information content (AvgIpc) is 2.20. The highest BCUT2D eigenvalue weighted by atomic mass is 16.1. The Labute approximate surface area is 75.7 Å². The lowest BCUT2D eigenvalue weighted by atomic mass is 10.2. The van der Waals surface area contributed by atoms with Gasteiger partial charge in [-0.25, -0.2) is 0 Å². The van der Waals surface area contributed by atoms with E-state index in [4.69, 9.17) is 0 Å². The van der Waals surface area contributed by atoms with Crippen molar-refractivity contribution in [1.29, 1.82) is 0 Å². The van der Waals surface area contributed by atoms with Gasteiger partial charge in [0.1, 0.15) is 0 Å². The Kier molecular flexibility index (Phi) is 2.42. The molecule has 0 bridgehead atoms. The van der Waals surface area contributed by atoms with E-state index in [1.54, 1.807) is 0 Å². The van der Waals surface area contributed by atoms with Crippen LogP contribution in [-0.2, 0) is 4.79 Å². The summed E-state index contributed by atoms with van der Waals surface area (Å²) in [4.78, 5) is 13.3. The van der Waals surface area contributed by atoms with Gasteiger partial charge in [-0.1, -0.05) is 0 Å². The van der Waals surface area contributed by atoms with E-state index in [0.29, 0.717) is 0 Å². The predicted octanol–water partition coefficient (Wildman–Crippen LogP) is -0.762. The third-order valence-electron chi connectivity index (χ3n) is 2.15. The first-order valence-corrected chi connectivity index (χ1v) is 4.30. The van der Waals surface area contributed by atoms with Crippen molar-refractivity contribution in [3.05, 3.63) is 0 Å². The largest absolute Gasteiger partial charge is 0.314 e. The molecular formula is C7H11N5O. The summed E-state index contributed by atoms with van der Waals surface area (Å²) in [5, 5.41) is 14.0. The summed E-state index contributed by atoms with van der Waals surface area (Å²) in [5.41, 5.74) is 0. The van der Waals surface area contributed by atoms with Crippen LogP contribution in [0.3, 0.4) is 0 Å². The quantitative estimate of drug-likeness (QED) is 0.578. The molecule has 1 atom stereocenters. The fraction of sp³-hybridized carbons (Fsp3) is 0.714. The van der Waals surface area contributed by atoms with E-state index >= 15 is 0 Å². The van der Waals surface area contributed by atoms with Crippen molar-refractivity contribution in [3.63, 3.8) is 0 Å². The molecule has 6 nitrogen and oxygen atoms in total. The highest BCUT2D eigenvalue weighted by Gasteiger charge is 2.27. The van der Waals surface area contributed by atoms with Crippen molar-refractivity contribution in [2.75, 3.05) is 26.2 Å². The number of Topliss-reactive ketones (excluding diaryl/α,β-unsaturated/α-hetero) is 1. The topological polar surface area (TPSA) is 69.4 Å². The van der Waals surface area contributed by atoms with Crippen molar-refractivity contribution in [3.8, 4) is 0 Å². The van der Waals surface area contributed by atoms with Gasteiger partial charge in [0.2, 0.25) is 5.78 Å². The van der Waals surface area contributed by atoms with Crippen LogP contribution in [0.4, 0.5) is 0 Å². The Morgan fingerprint density at radius 1 is 1.46 bits per heavy atom. The summed E-state index contributed by atoms with van der Waals surface area (Å²) < 4.78 is 0. The van der Waals surface area contributed by atoms with Crippen molar-refractivity contribution in [1.82, 2.24) is 10.2 Å². The lowest BCUT2D eigenvalue weighted by molar-refractivity contribution is -0.117. The van der Waals surface area contributed by atoms with Gasteiger partial charge in [0.25, 0.3) is 0 Å². The minimum Gasteiger partial charge on any atom is -0.314 e. The predicted molar refractivity (Wildman–Crippen MR) is 46.6 cm³/mol. The summed E-state index contributed by atoms with van der Waals surface area (Å²) >= 11 is 0. The number of piperazine rings is 1. The number of ketones is 1. The normalized spacial score (nSPS) is 29.5. The van der Waals surface area contributed by atoms with Gasteiger partial charge in [-0.2, -0.15) is 0 Å². The van der Waals surface area contributed by atoms with Crippen LogP contribution >= 0.6 is 0 Å². The van der Waals surface area contributed by atoms with Gasteiger partial charge in [-0.05, 0) is 5.22 Å². The molecule has 2 rings (SSSR count). The zero-order valence-corrected chi connectivity index (χ0v) is 7.18. The second-order valence-electron chi connectivity index (χ2n) is 3.01. The van der Waals surface area contributed by atoms with Gasteiger partial charge in [-0.3, -0.25) is 9.69 Å². The van der Waals surface area contributed by atoms with Crippen LogP contribution in [0.2, 0.25) is 0 Å². The maximum absolute atomic E-state index is 11.3. The third-order valence-corrected chi connectivity index (χ3v) is 2.15. The molecule has 1 fully saturated rings. The summed E-state index contributed by atoms with van der Waals surface area (Å²) in [7, 11) is 0. The molecule has 13 heavy (non-hydrogen) atoms. The Morgan fingerprint density at radius 3 is 2.92 bits per heavy atom. The SMILES string of the molecule is O=C1C=NN=NC1N1CCNCC1. The Morgan fingerprint density at radius 2 is 2.23 bits per heavy atom. The zero-order valence-electron chi connectivity index (χ0n) is 7.18. The number of hydrogen-bond acceptors (Lipinski definition) is 6. The smallest absolute Gasteiger partial charge is 0.216 e. The lowest BCUT2D eigenvalue weighted by Crippen LogP contribution is -2.51. The molecule has 2 heterocycles. The van der Waals surface area contributed by atoms with E-state index < -0.39 is 6.17 Å². The van der Waals surface area contributed by atoms with Crippen LogP contribution < -0.4 is 5.32 Å². The minimum atomic E-state index is -0.431. The number of nitrogens with one attached hydrogen (secondary N) is 1. The lowest BCUT2D eigenvalue weighted by Gasteiger charge is -2.30. The monoisotopic (exact) mass is 181 g/mol. The van der Waals surface area contributed by atoms with Gasteiger partial charge in [0.15, 0.2) is 6.17 Å². The molecule has 1 saturated heterocycles. The van der Waals surface area contributed by atoms with E-state index in [9.17, 15) is 4.79 Å². The molecule has 0 aromatic carbocycles. The molecule has 0 saturated carbocycles. The molecule has 6 heteroatoms. The molecule has 2 aliphatic heterocycles. The third kappa shape index (κ3) is 1.78. The number of rotatable bonds is 1. The maximum Gasteiger partial charge on any atom is 0.216 e. The van der Waals surface area contributed by atoms with E-state index in [1.807, 2.05) is 4.90 Å². The first kappa shape index (κ1) is 8.46. The molecular weight excluding hydrogens is 170 g/mol. The highest BCUT2D eigenvalue weighted by molar-refractivity contribution is 6.29. The standard InChI is InChI=1S/C7H11N5O/c13-6-5-9-11-10-7(6)12-3-1-8-2-4-12/h5,7-8H,1-4H2. The van der Waals surface area contributed by atoms with Gasteiger partial charge < -0.3 is 5.32 Å². The fourth-order valence-corrected chi connectivity index (χ4v) is 1.46. The summed E-state index contributed by atoms with van der Waals surface area (Å²) in [6.07, 6.45) is 0.805. The van der Waals surface area contributed by atoms with E-state index in [2.05, 4.69) is 20.8 Å². The Hall–Kier alpha value is -1.14. The van der Waals surface area contributed by atoms with Crippen LogP contribution in [0.1, 0.15) is 0 Å². The molecule has 70 valence electrons. The highest BCUT2D eigenvalue weighted by Crippen LogP contribution is 2.07. The van der Waals surface area contributed by atoms with Gasteiger partial charge in [0, 0.05) is 26.2 Å². The maximum atomic E-state index is 11.3. The van der Waals surface area contributed by atoms with Gasteiger partial charge >= 0.3 is 0 Å². The van der Waals surface area contributed by atoms with E-state index in [0.717, 1.165) is 26.2 Å². The number of nitrogens with zero attached hydrogens (tertiary/aromatic N) is 4. The second-order valence-corrected chi connectivity index (χ2v) is 3.01. The van der Waals surface area contributed by atoms with Crippen molar-refractivity contribution in [2.24, 2.45) is 15.4 Å². The molecule has 0 aliphatic carbocycles. The molecule has 0 aromatic heterocycles. The van der Waals surface area contributed by atoms with Crippen LogP contribution in [-0.4, -0.2) is 49.2 Å². The Bertz CT molecular complexity index is 256. The summed E-state index contributed by atoms with van der Waals surface area (Å²) in [6.45, 7) is 3.47. The summed E-state index contributed by atoms with van der Waals surface area (Å²) in [6, 6.07) is 0. The van der Waals surface area contributed by atoms with Crippen LogP contribution in [0, 0.1) is 0 Å². The van der Waals surface area contributed by atoms with Crippen LogP contribution in [0.15, 0.2) is 15.4 Å². The molecule has 1 unspecified atom stereocenters. The molecule has 0 aromatic rings. The fourth-order valence-electron chi connectivity index (χ4n) is 1.46. The summed E-state index contributed by atoms with van der Waals surface area (Å²) in [5.74, 6) is -0.0723. The molecule has 1 N–H and O–H groups in total. The average molecular weight is 181 g/mol. The zero-order chi connectivity index (χ0) is 9.10. The van der Waals surface area contributed by atoms with E-state index in [1.165, 1.54) is 6.21 Å². The van der Waals surface area contributed by atoms with Crippen LogP contribution in [0.5, 0.6) is 0 Å². The van der Waals surface area contributed by atoms with Crippen molar-refractivity contribution >= 4 is 12.0 Å². The van der Waals surface area contributed by atoms with Crippen molar-refractivity contribution in [2.45, 2.75) is 6.17 Å². The van der Waals surface area contributed by atoms with Crippen molar-refractivity contribution < 1.29 is 4.79 Å². The van der Waals surface area contributed by atoms with Gasteiger partial charge in [0.05, 0.1) is 6.21 Å². The Balaban J connectivity index is 2.02. The van der Waals surface area contributed by atoms with E-state index in [-0.39, 0.29) is 5.78 Å². The molecule has 0 spiro atoms. The van der Waals surface area contributed by atoms with Crippen LogP contribution in [0.25, 0.3) is 0 Å². The number of hydrogen-bond donors (Lipinski definition) is 1.